The van der Waals surface area contributed by atoms with Gasteiger partial charge in [0.25, 0.3) is 11.8 Å². The highest BCUT2D eigenvalue weighted by Crippen LogP contribution is 2.42. The minimum atomic E-state index is -0.447. The lowest BCUT2D eigenvalue weighted by molar-refractivity contribution is -0.00659. The summed E-state index contributed by atoms with van der Waals surface area (Å²) in [7, 11) is 0. The number of benzene rings is 1. The van der Waals surface area contributed by atoms with E-state index in [1.54, 1.807) is 24.3 Å². The zero-order valence-electron chi connectivity index (χ0n) is 20.8. The molecular formula is C29H32N4O3. The molecule has 2 aliphatic rings. The number of aromatic nitrogens is 2. The zero-order valence-corrected chi connectivity index (χ0v) is 20.8. The molecule has 0 aliphatic carbocycles. The van der Waals surface area contributed by atoms with Crippen LogP contribution in [0.1, 0.15) is 81.0 Å². The number of aliphatic hydroxyl groups excluding tert-OH is 1. The molecule has 0 unspecified atom stereocenters. The number of pyridine rings is 2. The van der Waals surface area contributed by atoms with E-state index >= 15 is 0 Å². The highest BCUT2D eigenvalue weighted by Gasteiger charge is 2.39. The molecule has 7 nitrogen and oxygen atoms in total. The van der Waals surface area contributed by atoms with Crippen LogP contribution in [0.25, 0.3) is 0 Å². The van der Waals surface area contributed by atoms with Crippen LogP contribution in [0.4, 0.5) is 0 Å². The second-order valence-corrected chi connectivity index (χ2v) is 9.82. The Morgan fingerprint density at radius 2 is 1.28 bits per heavy atom. The summed E-state index contributed by atoms with van der Waals surface area (Å²) in [5.74, 6) is -0.415. The highest BCUT2D eigenvalue weighted by molar-refractivity contribution is 6.21. The van der Waals surface area contributed by atoms with Crippen LogP contribution in [-0.2, 0) is 0 Å². The first-order valence-corrected chi connectivity index (χ1v) is 12.7. The smallest absolute Gasteiger partial charge is 0.261 e. The molecule has 0 radical (unpaired) electrons. The standard InChI is InChI=1S/C29H32N4O3/c1-19-9-7-13-30-26(19)24-17-21(34)18-25(27-20(2)10-8-14-31-27)32(24)15-5-6-16-33-28(35)22-11-3-4-12-23(22)29(33)36/h3-4,7-14,21,24-25,34H,5-6,15-18H2,1-2H3/t21-,24-,25+. The molecule has 7 heteroatoms. The number of unbranched alkanes of at least 4 members (excludes halogenated alkanes) is 1. The summed E-state index contributed by atoms with van der Waals surface area (Å²) >= 11 is 0. The van der Waals surface area contributed by atoms with Gasteiger partial charge in [0.2, 0.25) is 0 Å². The van der Waals surface area contributed by atoms with Crippen molar-refractivity contribution >= 4 is 11.8 Å². The lowest BCUT2D eigenvalue weighted by atomic mass is 9.87. The monoisotopic (exact) mass is 484 g/mol. The topological polar surface area (TPSA) is 86.6 Å². The Bertz CT molecular complexity index is 1190. The van der Waals surface area contributed by atoms with Gasteiger partial charge in [-0.3, -0.25) is 29.4 Å². The molecule has 2 aliphatic heterocycles. The van der Waals surface area contributed by atoms with Gasteiger partial charge in [0.05, 0.1) is 40.7 Å². The van der Waals surface area contributed by atoms with E-state index in [0.29, 0.717) is 36.9 Å². The Morgan fingerprint density at radius 1 is 0.778 bits per heavy atom. The number of hydrogen-bond acceptors (Lipinski definition) is 6. The van der Waals surface area contributed by atoms with E-state index in [9.17, 15) is 14.7 Å². The van der Waals surface area contributed by atoms with Crippen LogP contribution in [0.15, 0.2) is 60.9 Å². The van der Waals surface area contributed by atoms with Gasteiger partial charge in [-0.05, 0) is 81.5 Å². The lowest BCUT2D eigenvalue weighted by Crippen LogP contribution is -2.43. The first-order chi connectivity index (χ1) is 17.5. The Hall–Kier alpha value is -3.42. The van der Waals surface area contributed by atoms with Crippen molar-refractivity contribution in [3.63, 3.8) is 0 Å². The fraction of sp³-hybridized carbons (Fsp3) is 0.379. The first-order valence-electron chi connectivity index (χ1n) is 12.7. The number of fused-ring (bicyclic) bond motifs is 1. The third kappa shape index (κ3) is 4.56. The molecule has 1 aromatic carbocycles. The molecule has 5 rings (SSSR count). The van der Waals surface area contributed by atoms with Crippen LogP contribution in [0, 0.1) is 13.8 Å². The summed E-state index contributed by atoms with van der Waals surface area (Å²) in [4.78, 5) is 38.7. The highest BCUT2D eigenvalue weighted by atomic mass is 16.3. The number of carbonyl (C=O) groups is 2. The Labute approximate surface area is 211 Å². The maximum atomic E-state index is 12.7. The van der Waals surface area contributed by atoms with Crippen LogP contribution in [0.5, 0.6) is 0 Å². The quantitative estimate of drug-likeness (QED) is 0.395. The number of hydrogen-bond donors (Lipinski definition) is 1. The van der Waals surface area contributed by atoms with E-state index in [1.165, 1.54) is 4.90 Å². The maximum absolute atomic E-state index is 12.7. The van der Waals surface area contributed by atoms with E-state index in [-0.39, 0.29) is 23.9 Å². The SMILES string of the molecule is Cc1cccnc1[C@H]1C[C@@H](O)C[C@@H](c2ncccc2C)N1CCCCN1C(=O)c2ccccc2C1=O. The largest absolute Gasteiger partial charge is 0.393 e. The number of likely N-dealkylation sites (tertiary alicyclic amines) is 1. The molecule has 2 amide bonds. The van der Waals surface area contributed by atoms with Gasteiger partial charge in [-0.25, -0.2) is 0 Å². The molecule has 3 atom stereocenters. The van der Waals surface area contributed by atoms with Crippen LogP contribution in [-0.4, -0.2) is 55.9 Å². The molecule has 1 fully saturated rings. The summed E-state index contributed by atoms with van der Waals surface area (Å²) in [6, 6.07) is 14.9. The molecule has 3 aromatic rings. The van der Waals surface area contributed by atoms with Crippen LogP contribution >= 0.6 is 0 Å². The minimum absolute atomic E-state index is 0.0411. The molecule has 4 heterocycles. The van der Waals surface area contributed by atoms with Crippen molar-refractivity contribution in [1.29, 1.82) is 0 Å². The fourth-order valence-corrected chi connectivity index (χ4v) is 5.65. The number of aliphatic hydroxyl groups is 1. The third-order valence-electron chi connectivity index (χ3n) is 7.45. The predicted molar refractivity (Wildman–Crippen MR) is 136 cm³/mol. The molecule has 0 saturated carbocycles. The Kier molecular flexibility index (Phi) is 6.94. The molecular weight excluding hydrogens is 452 g/mol. The number of rotatable bonds is 7. The van der Waals surface area contributed by atoms with Gasteiger partial charge >= 0.3 is 0 Å². The summed E-state index contributed by atoms with van der Waals surface area (Å²) in [5.41, 5.74) is 5.14. The van der Waals surface area contributed by atoms with Crippen LogP contribution < -0.4 is 0 Å². The van der Waals surface area contributed by atoms with Gasteiger partial charge < -0.3 is 5.11 Å². The minimum Gasteiger partial charge on any atom is -0.393 e. The van der Waals surface area contributed by atoms with Crippen molar-refractivity contribution < 1.29 is 14.7 Å². The van der Waals surface area contributed by atoms with Gasteiger partial charge in [-0.15, -0.1) is 0 Å². The van der Waals surface area contributed by atoms with Crippen LogP contribution in [0.2, 0.25) is 0 Å². The number of nitrogens with zero attached hydrogens (tertiary/aromatic N) is 4. The molecule has 0 bridgehead atoms. The van der Waals surface area contributed by atoms with Gasteiger partial charge in [-0.1, -0.05) is 24.3 Å². The molecule has 36 heavy (non-hydrogen) atoms. The number of piperidine rings is 1. The second-order valence-electron chi connectivity index (χ2n) is 9.82. The summed E-state index contributed by atoms with van der Waals surface area (Å²) < 4.78 is 0. The fourth-order valence-electron chi connectivity index (χ4n) is 5.65. The number of aryl methyl sites for hydroxylation is 2. The second kappa shape index (κ2) is 10.3. The van der Waals surface area contributed by atoms with Gasteiger partial charge in [0.15, 0.2) is 0 Å². The van der Waals surface area contributed by atoms with E-state index in [4.69, 9.17) is 9.97 Å². The molecule has 1 N–H and O–H groups in total. The normalized spacial score (nSPS) is 22.2. The summed E-state index contributed by atoms with van der Waals surface area (Å²) in [5, 5.41) is 10.9. The van der Waals surface area contributed by atoms with Crippen molar-refractivity contribution in [2.45, 2.75) is 57.7 Å². The van der Waals surface area contributed by atoms with Crippen molar-refractivity contribution in [1.82, 2.24) is 19.8 Å². The average molecular weight is 485 g/mol. The van der Waals surface area contributed by atoms with Crippen molar-refractivity contribution in [3.8, 4) is 0 Å². The number of amides is 2. The molecule has 186 valence electrons. The molecule has 1 saturated heterocycles. The first kappa shape index (κ1) is 24.3. The Morgan fingerprint density at radius 3 is 1.78 bits per heavy atom. The van der Waals surface area contributed by atoms with E-state index in [2.05, 4.69) is 30.9 Å². The number of carbonyl (C=O) groups excluding carboxylic acids is 2. The van der Waals surface area contributed by atoms with Crippen molar-refractivity contribution in [3.05, 3.63) is 94.6 Å². The van der Waals surface area contributed by atoms with E-state index in [0.717, 1.165) is 35.5 Å². The van der Waals surface area contributed by atoms with Crippen molar-refractivity contribution in [2.24, 2.45) is 0 Å². The maximum Gasteiger partial charge on any atom is 0.261 e. The Balaban J connectivity index is 1.35. The number of imide groups is 1. The van der Waals surface area contributed by atoms with Crippen LogP contribution in [0.3, 0.4) is 0 Å². The lowest BCUT2D eigenvalue weighted by Gasteiger charge is -2.44. The van der Waals surface area contributed by atoms with Gasteiger partial charge in [0, 0.05) is 18.9 Å². The summed E-state index contributed by atoms with van der Waals surface area (Å²) in [6.07, 6.45) is 5.89. The van der Waals surface area contributed by atoms with Gasteiger partial charge in [-0.2, -0.15) is 0 Å². The molecule has 2 aromatic heterocycles. The molecule has 0 spiro atoms. The summed E-state index contributed by atoms with van der Waals surface area (Å²) in [6.45, 7) is 5.26. The average Bonchev–Trinajstić information content (AvgIpc) is 3.12. The van der Waals surface area contributed by atoms with E-state index in [1.807, 2.05) is 24.5 Å². The van der Waals surface area contributed by atoms with Gasteiger partial charge in [0.1, 0.15) is 0 Å². The zero-order chi connectivity index (χ0) is 25.2. The predicted octanol–water partition coefficient (Wildman–Crippen LogP) is 4.41. The third-order valence-corrected chi connectivity index (χ3v) is 7.45. The van der Waals surface area contributed by atoms with Crippen molar-refractivity contribution in [2.75, 3.05) is 13.1 Å². The van der Waals surface area contributed by atoms with E-state index < -0.39 is 6.10 Å².